The van der Waals surface area contributed by atoms with E-state index < -0.39 is 0 Å². The summed E-state index contributed by atoms with van der Waals surface area (Å²) in [6, 6.07) is 0. The molecule has 104 valence electrons. The number of amides is 1. The van der Waals surface area contributed by atoms with Gasteiger partial charge >= 0.3 is 0 Å². The van der Waals surface area contributed by atoms with Crippen LogP contribution in [0.5, 0.6) is 0 Å². The van der Waals surface area contributed by atoms with Crippen molar-refractivity contribution >= 4 is 5.91 Å². The van der Waals surface area contributed by atoms with Crippen LogP contribution >= 0.6 is 0 Å². The van der Waals surface area contributed by atoms with Crippen molar-refractivity contribution in [1.82, 2.24) is 4.90 Å². The van der Waals surface area contributed by atoms with Gasteiger partial charge in [0.25, 0.3) is 0 Å². The van der Waals surface area contributed by atoms with Crippen LogP contribution in [0.3, 0.4) is 0 Å². The zero-order chi connectivity index (χ0) is 13.0. The lowest BCUT2D eigenvalue weighted by Crippen LogP contribution is -2.43. The zero-order valence-corrected chi connectivity index (χ0v) is 11.9. The zero-order valence-electron chi connectivity index (χ0n) is 11.9. The molecule has 1 saturated heterocycles. The van der Waals surface area contributed by atoms with Crippen LogP contribution in [-0.2, 0) is 9.53 Å². The molecule has 2 aliphatic rings. The first-order chi connectivity index (χ1) is 8.74. The first kappa shape index (κ1) is 13.9. The maximum absolute atomic E-state index is 12.4. The molecular weight excluding hydrogens is 226 g/mol. The predicted molar refractivity (Wildman–Crippen MR) is 72.4 cm³/mol. The van der Waals surface area contributed by atoms with Crippen molar-refractivity contribution in [3.05, 3.63) is 0 Å². The van der Waals surface area contributed by atoms with E-state index in [-0.39, 0.29) is 5.92 Å². The molecule has 0 bridgehead atoms. The van der Waals surface area contributed by atoms with E-state index in [1.807, 2.05) is 0 Å². The second-order valence-electron chi connectivity index (χ2n) is 5.89. The maximum Gasteiger partial charge on any atom is 0.225 e. The molecule has 1 amide bonds. The standard InChI is InChI=1S/C15H27NO2/c1-3-12-8-10-16(11-9-12)15(17)13-4-6-14(18-2)7-5-13/h12-14H,3-11H2,1-2H3. The second kappa shape index (κ2) is 6.55. The molecule has 0 aromatic heterocycles. The van der Waals surface area contributed by atoms with Crippen LogP contribution in [-0.4, -0.2) is 37.1 Å². The first-order valence-electron chi connectivity index (χ1n) is 7.56. The van der Waals surface area contributed by atoms with Crippen molar-refractivity contribution in [2.75, 3.05) is 20.2 Å². The van der Waals surface area contributed by atoms with Crippen molar-refractivity contribution in [2.45, 2.75) is 58.0 Å². The number of carbonyl (C=O) groups excluding carboxylic acids is 1. The Bertz CT molecular complexity index is 238. The Morgan fingerprint density at radius 1 is 1.11 bits per heavy atom. The molecule has 3 nitrogen and oxygen atoms in total. The van der Waals surface area contributed by atoms with Crippen LogP contribution < -0.4 is 0 Å². The summed E-state index contributed by atoms with van der Waals surface area (Å²) < 4.78 is 5.37. The van der Waals surface area contributed by atoms with Gasteiger partial charge in [0.1, 0.15) is 0 Å². The molecule has 1 heterocycles. The number of piperidine rings is 1. The number of nitrogens with zero attached hydrogens (tertiary/aromatic N) is 1. The number of hydrogen-bond acceptors (Lipinski definition) is 2. The van der Waals surface area contributed by atoms with Gasteiger partial charge in [0, 0.05) is 26.1 Å². The summed E-state index contributed by atoms with van der Waals surface area (Å²) in [5.41, 5.74) is 0. The summed E-state index contributed by atoms with van der Waals surface area (Å²) in [6.45, 7) is 4.23. The number of ether oxygens (including phenoxy) is 1. The first-order valence-corrected chi connectivity index (χ1v) is 7.56. The number of rotatable bonds is 3. The van der Waals surface area contributed by atoms with Gasteiger partial charge in [-0.2, -0.15) is 0 Å². The summed E-state index contributed by atoms with van der Waals surface area (Å²) in [4.78, 5) is 14.5. The SMILES string of the molecule is CCC1CCN(C(=O)C2CCC(OC)CC2)CC1. The highest BCUT2D eigenvalue weighted by Gasteiger charge is 2.31. The summed E-state index contributed by atoms with van der Waals surface area (Å²) in [6.07, 6.45) is 8.21. The van der Waals surface area contributed by atoms with E-state index in [0.29, 0.717) is 12.0 Å². The average molecular weight is 253 g/mol. The van der Waals surface area contributed by atoms with E-state index in [1.54, 1.807) is 7.11 Å². The molecule has 0 unspecified atom stereocenters. The highest BCUT2D eigenvalue weighted by Crippen LogP contribution is 2.29. The molecule has 1 aliphatic carbocycles. The van der Waals surface area contributed by atoms with Gasteiger partial charge in [0.15, 0.2) is 0 Å². The van der Waals surface area contributed by atoms with Crippen LogP contribution in [0.25, 0.3) is 0 Å². The summed E-state index contributed by atoms with van der Waals surface area (Å²) in [5.74, 6) is 1.53. The maximum atomic E-state index is 12.4. The fourth-order valence-electron chi connectivity index (χ4n) is 3.37. The largest absolute Gasteiger partial charge is 0.381 e. The fourth-order valence-corrected chi connectivity index (χ4v) is 3.37. The molecular formula is C15H27NO2. The molecule has 0 aromatic carbocycles. The second-order valence-corrected chi connectivity index (χ2v) is 5.89. The number of likely N-dealkylation sites (tertiary alicyclic amines) is 1. The lowest BCUT2D eigenvalue weighted by Gasteiger charge is -2.36. The Labute approximate surface area is 111 Å². The third-order valence-electron chi connectivity index (χ3n) is 4.86. The highest BCUT2D eigenvalue weighted by atomic mass is 16.5. The molecule has 1 aliphatic heterocycles. The summed E-state index contributed by atoms with van der Waals surface area (Å²) >= 11 is 0. The third kappa shape index (κ3) is 3.25. The average Bonchev–Trinajstić information content (AvgIpc) is 2.47. The molecule has 2 rings (SSSR count). The van der Waals surface area contributed by atoms with Gasteiger partial charge < -0.3 is 9.64 Å². The molecule has 0 radical (unpaired) electrons. The van der Waals surface area contributed by atoms with Gasteiger partial charge in [-0.25, -0.2) is 0 Å². The monoisotopic (exact) mass is 253 g/mol. The molecule has 1 saturated carbocycles. The van der Waals surface area contributed by atoms with E-state index in [9.17, 15) is 4.79 Å². The van der Waals surface area contributed by atoms with Gasteiger partial charge in [-0.3, -0.25) is 4.79 Å². The van der Waals surface area contributed by atoms with Crippen molar-refractivity contribution in [3.63, 3.8) is 0 Å². The predicted octanol–water partition coefficient (Wildman–Crippen LogP) is 2.84. The Morgan fingerprint density at radius 2 is 1.72 bits per heavy atom. The van der Waals surface area contributed by atoms with Gasteiger partial charge in [-0.05, 0) is 44.4 Å². The van der Waals surface area contributed by atoms with Crippen LogP contribution in [0.15, 0.2) is 0 Å². The minimum absolute atomic E-state index is 0.273. The molecule has 2 fully saturated rings. The van der Waals surface area contributed by atoms with Gasteiger partial charge in [0.05, 0.1) is 6.10 Å². The van der Waals surface area contributed by atoms with E-state index in [0.717, 1.165) is 44.7 Å². The minimum Gasteiger partial charge on any atom is -0.381 e. The van der Waals surface area contributed by atoms with Crippen molar-refractivity contribution < 1.29 is 9.53 Å². The highest BCUT2D eigenvalue weighted by molar-refractivity contribution is 5.79. The Hall–Kier alpha value is -0.570. The lowest BCUT2D eigenvalue weighted by atomic mass is 9.85. The quantitative estimate of drug-likeness (QED) is 0.774. The smallest absolute Gasteiger partial charge is 0.225 e. The Kier molecular flexibility index (Phi) is 5.04. The summed E-state index contributed by atoms with van der Waals surface area (Å²) in [7, 11) is 1.78. The molecule has 0 spiro atoms. The number of carbonyl (C=O) groups is 1. The third-order valence-corrected chi connectivity index (χ3v) is 4.86. The van der Waals surface area contributed by atoms with Gasteiger partial charge in [-0.1, -0.05) is 13.3 Å². The normalized spacial score (nSPS) is 30.4. The van der Waals surface area contributed by atoms with Crippen molar-refractivity contribution in [3.8, 4) is 0 Å². The van der Waals surface area contributed by atoms with Gasteiger partial charge in [0.2, 0.25) is 5.91 Å². The Morgan fingerprint density at radius 3 is 2.22 bits per heavy atom. The van der Waals surface area contributed by atoms with E-state index in [1.165, 1.54) is 19.3 Å². The van der Waals surface area contributed by atoms with E-state index >= 15 is 0 Å². The Balaban J connectivity index is 1.78. The topological polar surface area (TPSA) is 29.5 Å². The molecule has 18 heavy (non-hydrogen) atoms. The fraction of sp³-hybridized carbons (Fsp3) is 0.933. The molecule has 0 aromatic rings. The van der Waals surface area contributed by atoms with Crippen LogP contribution in [0, 0.1) is 11.8 Å². The van der Waals surface area contributed by atoms with Crippen LogP contribution in [0.4, 0.5) is 0 Å². The van der Waals surface area contributed by atoms with E-state index in [2.05, 4.69) is 11.8 Å². The van der Waals surface area contributed by atoms with Crippen molar-refractivity contribution in [1.29, 1.82) is 0 Å². The lowest BCUT2D eigenvalue weighted by molar-refractivity contribution is -0.138. The number of methoxy groups -OCH3 is 1. The van der Waals surface area contributed by atoms with Crippen molar-refractivity contribution in [2.24, 2.45) is 11.8 Å². The minimum atomic E-state index is 0.273. The summed E-state index contributed by atoms with van der Waals surface area (Å²) in [5, 5.41) is 0. The number of hydrogen-bond donors (Lipinski definition) is 0. The van der Waals surface area contributed by atoms with Crippen LogP contribution in [0.2, 0.25) is 0 Å². The van der Waals surface area contributed by atoms with Crippen LogP contribution in [0.1, 0.15) is 51.9 Å². The van der Waals surface area contributed by atoms with Gasteiger partial charge in [-0.15, -0.1) is 0 Å². The van der Waals surface area contributed by atoms with E-state index in [4.69, 9.17) is 4.74 Å². The molecule has 3 heteroatoms. The molecule has 0 atom stereocenters. The molecule has 0 N–H and O–H groups in total.